The predicted molar refractivity (Wildman–Crippen MR) is 181 cm³/mol. The minimum absolute atomic E-state index is 0.167. The fourth-order valence-corrected chi connectivity index (χ4v) is 4.31. The Morgan fingerprint density at radius 1 is 0.690 bits per heavy atom. The zero-order valence-electron chi connectivity index (χ0n) is 26.9. The number of allylic oxidation sites excluding steroid dienone is 4. The van der Waals surface area contributed by atoms with E-state index < -0.39 is 0 Å². The summed E-state index contributed by atoms with van der Waals surface area (Å²) in [5.41, 5.74) is 11.3. The first-order valence-corrected chi connectivity index (χ1v) is 20.5. The molecule has 2 aliphatic rings. The number of rotatable bonds is 0. The van der Waals surface area contributed by atoms with Crippen molar-refractivity contribution in [1.29, 1.82) is 0 Å². The van der Waals surface area contributed by atoms with E-state index in [1.807, 2.05) is 67.6 Å². The molecule has 0 saturated heterocycles. The van der Waals surface area contributed by atoms with Gasteiger partial charge < -0.3 is 0 Å². The fraction of sp³-hybridized carbons (Fsp3) is 0.300. The minimum atomic E-state index is 0.167. The summed E-state index contributed by atoms with van der Waals surface area (Å²) in [4.78, 5) is 0. The molecule has 42 heavy (non-hydrogen) atoms. The number of benzene rings is 4. The third-order valence-electron chi connectivity index (χ3n) is 6.82. The molecular formula is C40H46SiZr-4. The van der Waals surface area contributed by atoms with Crippen LogP contribution in [-0.4, -0.2) is 6.88 Å². The summed E-state index contributed by atoms with van der Waals surface area (Å²) >= 11 is 1.58. The molecule has 0 bridgehead atoms. The van der Waals surface area contributed by atoms with E-state index in [1.165, 1.54) is 44.5 Å². The molecule has 2 aliphatic carbocycles. The van der Waals surface area contributed by atoms with Gasteiger partial charge in [0.15, 0.2) is 0 Å². The second kappa shape index (κ2) is 17.5. The van der Waals surface area contributed by atoms with Crippen molar-refractivity contribution < 1.29 is 23.3 Å². The zero-order valence-corrected chi connectivity index (χ0v) is 30.7. The summed E-state index contributed by atoms with van der Waals surface area (Å²) in [5, 5.41) is 0. The van der Waals surface area contributed by atoms with Crippen LogP contribution in [0.4, 0.5) is 0 Å². The molecule has 0 aromatic heterocycles. The Hall–Kier alpha value is -2.54. The van der Waals surface area contributed by atoms with Crippen LogP contribution < -0.4 is 0 Å². The van der Waals surface area contributed by atoms with Crippen molar-refractivity contribution in [1.82, 2.24) is 0 Å². The maximum atomic E-state index is 3.67. The van der Waals surface area contributed by atoms with Gasteiger partial charge in [0, 0.05) is 0 Å². The van der Waals surface area contributed by atoms with Crippen molar-refractivity contribution in [2.75, 3.05) is 0 Å². The fourth-order valence-electron chi connectivity index (χ4n) is 4.31. The van der Waals surface area contributed by atoms with Crippen LogP contribution in [0.3, 0.4) is 0 Å². The molecule has 0 aliphatic heterocycles. The van der Waals surface area contributed by atoms with Crippen LogP contribution in [0.1, 0.15) is 81.3 Å². The Kier molecular flexibility index (Phi) is 14.9. The Bertz CT molecular complexity index is 1310. The van der Waals surface area contributed by atoms with Gasteiger partial charge in [-0.15, -0.1) is 17.5 Å². The average molecular weight is 646 g/mol. The first kappa shape index (κ1) is 35.7. The molecule has 0 spiro atoms. The van der Waals surface area contributed by atoms with E-state index in [4.69, 9.17) is 0 Å². The van der Waals surface area contributed by atoms with Gasteiger partial charge in [-0.2, -0.15) is 102 Å². The monoisotopic (exact) mass is 644 g/mol. The molecule has 0 unspecified atom stereocenters. The van der Waals surface area contributed by atoms with Gasteiger partial charge in [0.25, 0.3) is 0 Å². The molecule has 0 saturated carbocycles. The first-order valence-electron chi connectivity index (χ1n) is 14.6. The third kappa shape index (κ3) is 12.0. The molecule has 218 valence electrons. The molecule has 0 heterocycles. The number of fused-ring (bicyclic) bond motifs is 3. The summed E-state index contributed by atoms with van der Waals surface area (Å²) < 4.78 is 0. The Morgan fingerprint density at radius 3 is 1.62 bits per heavy atom. The van der Waals surface area contributed by atoms with Crippen LogP contribution in [0.15, 0.2) is 97.1 Å². The molecule has 0 fully saturated rings. The molecule has 4 aromatic rings. The molecule has 0 N–H and O–H groups in total. The average Bonchev–Trinajstić information content (AvgIpc) is 3.66. The first-order chi connectivity index (χ1) is 19.9. The van der Waals surface area contributed by atoms with Crippen molar-refractivity contribution in [2.45, 2.75) is 79.1 Å². The summed E-state index contributed by atoms with van der Waals surface area (Å²) in [6.45, 7) is 19.7. The van der Waals surface area contributed by atoms with Crippen molar-refractivity contribution in [2.24, 2.45) is 0 Å². The van der Waals surface area contributed by atoms with Gasteiger partial charge in [-0.05, 0) is 28.4 Å². The van der Waals surface area contributed by atoms with Crippen LogP contribution in [0, 0.1) is 38.1 Å². The van der Waals surface area contributed by atoms with Crippen LogP contribution in [-0.2, 0) is 40.6 Å². The van der Waals surface area contributed by atoms with Gasteiger partial charge in [-0.1, -0.05) is 79.2 Å². The van der Waals surface area contributed by atoms with E-state index in [0.717, 1.165) is 12.8 Å². The van der Waals surface area contributed by atoms with Crippen LogP contribution in [0.5, 0.6) is 0 Å². The molecule has 0 amide bonds. The van der Waals surface area contributed by atoms with E-state index in [1.54, 1.807) is 23.3 Å². The van der Waals surface area contributed by atoms with Crippen molar-refractivity contribution in [3.63, 3.8) is 0 Å². The standard InChI is InChI=1S/C21H25.2C7H7.C5H5.H2Si.Zr/c1-20(2,3)16-7-9-18-14(12-16)11-15-13-17(21(4,5)6)8-10-19(15)18;2*1-7-5-3-2-4-6-7;1-2-4-5-3-1;;/h7-10,12H,11H2,1-6H3;2*3-6H,1H3;1-3H,4H2;1H2;/q4*-1;;. The molecule has 0 radical (unpaired) electrons. The number of aryl methyl sites for hydroxylation is 2. The second-order valence-electron chi connectivity index (χ2n) is 12.5. The normalized spacial score (nSPS) is 12.1. The summed E-state index contributed by atoms with van der Waals surface area (Å²) in [6, 6.07) is 36.8. The molecule has 4 aromatic carbocycles. The molecule has 0 atom stereocenters. The predicted octanol–water partition coefficient (Wildman–Crippen LogP) is 9.63. The van der Waals surface area contributed by atoms with E-state index in [9.17, 15) is 0 Å². The van der Waals surface area contributed by atoms with Gasteiger partial charge in [-0.3, -0.25) is 6.08 Å². The Balaban J connectivity index is 0.000000237. The third-order valence-corrected chi connectivity index (χ3v) is 6.82. The van der Waals surface area contributed by atoms with E-state index in [0.29, 0.717) is 0 Å². The second-order valence-corrected chi connectivity index (χ2v) is 12.5. The molecule has 0 nitrogen and oxygen atoms in total. The molecular weight excluding hydrogens is 600 g/mol. The van der Waals surface area contributed by atoms with E-state index >= 15 is 0 Å². The molecule has 6 rings (SSSR count). The maximum absolute atomic E-state index is 3.67. The number of hydrogen-bond donors (Lipinski definition) is 0. The zero-order chi connectivity index (χ0) is 31.2. The van der Waals surface area contributed by atoms with Crippen molar-refractivity contribution >= 4 is 6.88 Å². The topological polar surface area (TPSA) is 0 Å². The quantitative estimate of drug-likeness (QED) is 0.116. The van der Waals surface area contributed by atoms with Gasteiger partial charge in [0.1, 0.15) is 0 Å². The Morgan fingerprint density at radius 2 is 1.24 bits per heavy atom. The SMILES string of the molecule is CC(C)(C)c1[c-]c2c(cc1)-c1ccc(C(C)(C)C)cc1C2.Cc1cc[c-]cc1.Cc1cc[c-]cc1.[C-]1=CC=CC1.[SiH2]=[Zr]. The van der Waals surface area contributed by atoms with Crippen LogP contribution in [0.2, 0.25) is 0 Å². The van der Waals surface area contributed by atoms with Gasteiger partial charge in [0.05, 0.1) is 0 Å². The van der Waals surface area contributed by atoms with Gasteiger partial charge >= 0.3 is 30.2 Å². The van der Waals surface area contributed by atoms with Gasteiger partial charge in [-0.25, -0.2) is 12.2 Å². The van der Waals surface area contributed by atoms with Crippen LogP contribution in [0.25, 0.3) is 11.1 Å². The molecule has 2 heteroatoms. The van der Waals surface area contributed by atoms with E-state index in [2.05, 4.69) is 116 Å². The summed E-state index contributed by atoms with van der Waals surface area (Å²) in [7, 11) is 0. The van der Waals surface area contributed by atoms with Crippen LogP contribution >= 0.6 is 0 Å². The van der Waals surface area contributed by atoms with E-state index in [-0.39, 0.29) is 10.8 Å². The van der Waals surface area contributed by atoms with Crippen molar-refractivity contribution in [3.05, 3.63) is 155 Å². The van der Waals surface area contributed by atoms with Gasteiger partial charge in [0.2, 0.25) is 0 Å². The summed E-state index contributed by atoms with van der Waals surface area (Å²) in [5.74, 6) is 0. The van der Waals surface area contributed by atoms with Crippen molar-refractivity contribution in [3.8, 4) is 11.1 Å². The summed E-state index contributed by atoms with van der Waals surface area (Å²) in [6.07, 6.45) is 11.0. The Labute approximate surface area is 273 Å². The number of hydrogen-bond acceptors (Lipinski definition) is 0.